The summed E-state index contributed by atoms with van der Waals surface area (Å²) in [6, 6.07) is 0. The molecule has 0 N–H and O–H groups in total. The normalized spacial score (nSPS) is 11.2. The van der Waals surface area contributed by atoms with Gasteiger partial charge in [0.1, 0.15) is 26.4 Å². The highest BCUT2D eigenvalue weighted by molar-refractivity contribution is 5.81. The maximum Gasteiger partial charge on any atom is 0.508 e. The Balaban J connectivity index is 4.27. The Morgan fingerprint density at radius 1 is 0.808 bits per heavy atom. The van der Waals surface area contributed by atoms with Crippen molar-refractivity contribution in [3.63, 3.8) is 0 Å². The van der Waals surface area contributed by atoms with Gasteiger partial charge in [-0.25, -0.2) is 14.4 Å². The third-order valence-corrected chi connectivity index (χ3v) is 2.53. The predicted octanol–water partition coefficient (Wildman–Crippen LogP) is 1.46. The first kappa shape index (κ1) is 23.7. The molecule has 0 aliphatic heterocycles. The third-order valence-electron chi connectivity index (χ3n) is 2.53. The SMILES string of the molecule is C=CC(=O)OCC(COC(=O)OCCOCC)OC(=O)OCCOCC. The molecule has 0 aromatic heterocycles. The van der Waals surface area contributed by atoms with Gasteiger partial charge in [-0.15, -0.1) is 0 Å². The van der Waals surface area contributed by atoms with Gasteiger partial charge in [-0.3, -0.25) is 0 Å². The molecule has 0 fully saturated rings. The Labute approximate surface area is 152 Å². The zero-order chi connectivity index (χ0) is 19.6. The molecule has 0 radical (unpaired) electrons. The van der Waals surface area contributed by atoms with E-state index in [1.54, 1.807) is 13.8 Å². The van der Waals surface area contributed by atoms with Crippen molar-refractivity contribution in [1.82, 2.24) is 0 Å². The van der Waals surface area contributed by atoms with Crippen LogP contribution in [0, 0.1) is 0 Å². The van der Waals surface area contributed by atoms with Crippen LogP contribution in [0.4, 0.5) is 9.59 Å². The number of hydrogen-bond donors (Lipinski definition) is 0. The Kier molecular flexibility index (Phi) is 14.7. The molecule has 0 saturated carbocycles. The number of ether oxygens (including phenoxy) is 7. The number of esters is 1. The summed E-state index contributed by atoms with van der Waals surface area (Å²) >= 11 is 0. The molecule has 0 rings (SSSR count). The maximum atomic E-state index is 11.6. The molecule has 0 saturated heterocycles. The van der Waals surface area contributed by atoms with Gasteiger partial charge in [0.2, 0.25) is 0 Å². The van der Waals surface area contributed by atoms with Crippen LogP contribution in [0.15, 0.2) is 12.7 Å². The summed E-state index contributed by atoms with van der Waals surface area (Å²) in [6.07, 6.45) is -2.12. The number of carbonyl (C=O) groups is 3. The summed E-state index contributed by atoms with van der Waals surface area (Å²) in [4.78, 5) is 34.1. The summed E-state index contributed by atoms with van der Waals surface area (Å²) in [5.74, 6) is -0.720. The van der Waals surface area contributed by atoms with E-state index in [1.165, 1.54) is 0 Å². The fraction of sp³-hybridized carbons (Fsp3) is 0.688. The molecule has 0 aliphatic rings. The van der Waals surface area contributed by atoms with Gasteiger partial charge in [-0.2, -0.15) is 0 Å². The van der Waals surface area contributed by atoms with Crippen LogP contribution >= 0.6 is 0 Å². The third kappa shape index (κ3) is 14.1. The van der Waals surface area contributed by atoms with Crippen LogP contribution < -0.4 is 0 Å². The van der Waals surface area contributed by atoms with E-state index in [-0.39, 0.29) is 33.0 Å². The molecule has 0 heterocycles. The van der Waals surface area contributed by atoms with Crippen molar-refractivity contribution in [2.24, 2.45) is 0 Å². The predicted molar refractivity (Wildman–Crippen MR) is 87.7 cm³/mol. The van der Waals surface area contributed by atoms with Crippen LogP contribution in [0.3, 0.4) is 0 Å². The van der Waals surface area contributed by atoms with Crippen LogP contribution in [-0.4, -0.2) is 77.2 Å². The van der Waals surface area contributed by atoms with Crippen LogP contribution in [0.2, 0.25) is 0 Å². The second-order valence-electron chi connectivity index (χ2n) is 4.48. The molecule has 150 valence electrons. The van der Waals surface area contributed by atoms with Gasteiger partial charge in [-0.05, 0) is 13.8 Å². The maximum absolute atomic E-state index is 11.6. The van der Waals surface area contributed by atoms with Gasteiger partial charge in [0, 0.05) is 19.3 Å². The standard InChI is InChI=1S/C16H26O10/c1-4-14(17)24-11-13(26-16(19)23-10-8-21-6-3)12-25-15(18)22-9-7-20-5-2/h4,13H,1,5-12H2,2-3H3. The van der Waals surface area contributed by atoms with E-state index in [2.05, 4.69) is 6.58 Å². The minimum absolute atomic E-state index is 0.00777. The number of hydrogen-bond acceptors (Lipinski definition) is 10. The lowest BCUT2D eigenvalue weighted by molar-refractivity contribution is -0.142. The highest BCUT2D eigenvalue weighted by atomic mass is 16.8. The molecule has 0 aromatic rings. The molecular weight excluding hydrogens is 352 g/mol. The molecule has 1 unspecified atom stereocenters. The number of carbonyl (C=O) groups excluding carboxylic acids is 3. The van der Waals surface area contributed by atoms with Crippen LogP contribution in [0.1, 0.15) is 13.8 Å². The quantitative estimate of drug-likeness (QED) is 0.190. The van der Waals surface area contributed by atoms with Gasteiger partial charge in [0.25, 0.3) is 0 Å². The summed E-state index contributed by atoms with van der Waals surface area (Å²) in [5.41, 5.74) is 0. The molecule has 0 spiro atoms. The van der Waals surface area contributed by atoms with Gasteiger partial charge in [0.15, 0.2) is 6.10 Å². The van der Waals surface area contributed by atoms with E-state index >= 15 is 0 Å². The molecule has 0 amide bonds. The first-order valence-electron chi connectivity index (χ1n) is 8.11. The van der Waals surface area contributed by atoms with E-state index in [0.29, 0.717) is 13.2 Å². The minimum atomic E-state index is -1.07. The zero-order valence-corrected chi connectivity index (χ0v) is 15.1. The van der Waals surface area contributed by atoms with Crippen molar-refractivity contribution < 1.29 is 47.5 Å². The van der Waals surface area contributed by atoms with Crippen molar-refractivity contribution in [2.75, 3.05) is 52.9 Å². The molecule has 0 aromatic carbocycles. The van der Waals surface area contributed by atoms with E-state index in [0.717, 1.165) is 6.08 Å². The highest BCUT2D eigenvalue weighted by Crippen LogP contribution is 2.01. The minimum Gasteiger partial charge on any atom is -0.458 e. The van der Waals surface area contributed by atoms with Crippen molar-refractivity contribution in [3.05, 3.63) is 12.7 Å². The molecule has 1 atom stereocenters. The van der Waals surface area contributed by atoms with Gasteiger partial charge in [0.05, 0.1) is 13.2 Å². The van der Waals surface area contributed by atoms with Crippen molar-refractivity contribution in [3.8, 4) is 0 Å². The van der Waals surface area contributed by atoms with Crippen molar-refractivity contribution in [2.45, 2.75) is 20.0 Å². The lowest BCUT2D eigenvalue weighted by Gasteiger charge is -2.17. The summed E-state index contributed by atoms with van der Waals surface area (Å²) in [5, 5.41) is 0. The first-order valence-corrected chi connectivity index (χ1v) is 8.11. The second kappa shape index (κ2) is 16.2. The van der Waals surface area contributed by atoms with Gasteiger partial charge < -0.3 is 33.2 Å². The molecule has 10 nitrogen and oxygen atoms in total. The molecule has 10 heteroatoms. The van der Waals surface area contributed by atoms with Crippen molar-refractivity contribution in [1.29, 1.82) is 0 Å². The fourth-order valence-electron chi connectivity index (χ4n) is 1.38. The van der Waals surface area contributed by atoms with Crippen molar-refractivity contribution >= 4 is 18.3 Å². The summed E-state index contributed by atoms with van der Waals surface area (Å²) in [7, 11) is 0. The van der Waals surface area contributed by atoms with Crippen LogP contribution in [-0.2, 0) is 38.0 Å². The van der Waals surface area contributed by atoms with Crippen LogP contribution in [0.25, 0.3) is 0 Å². The largest absolute Gasteiger partial charge is 0.508 e. The topological polar surface area (TPSA) is 116 Å². The van der Waals surface area contributed by atoms with Crippen LogP contribution in [0.5, 0.6) is 0 Å². The monoisotopic (exact) mass is 378 g/mol. The number of rotatable bonds is 14. The lowest BCUT2D eigenvalue weighted by atomic mass is 10.4. The molecule has 0 aliphatic carbocycles. The lowest BCUT2D eigenvalue weighted by Crippen LogP contribution is -2.31. The molecule has 26 heavy (non-hydrogen) atoms. The van der Waals surface area contributed by atoms with Gasteiger partial charge >= 0.3 is 18.3 Å². The first-order chi connectivity index (χ1) is 12.5. The Hall–Kier alpha value is -2.33. The fourth-order valence-corrected chi connectivity index (χ4v) is 1.38. The Morgan fingerprint density at radius 2 is 1.35 bits per heavy atom. The summed E-state index contributed by atoms with van der Waals surface area (Å²) in [6.45, 7) is 7.54. The zero-order valence-electron chi connectivity index (χ0n) is 15.1. The second-order valence-corrected chi connectivity index (χ2v) is 4.48. The van der Waals surface area contributed by atoms with E-state index < -0.39 is 31.0 Å². The molecule has 0 bridgehead atoms. The summed E-state index contributed by atoms with van der Waals surface area (Å²) < 4.78 is 34.0. The average molecular weight is 378 g/mol. The highest BCUT2D eigenvalue weighted by Gasteiger charge is 2.20. The Bertz CT molecular complexity index is 423. The Morgan fingerprint density at radius 3 is 1.88 bits per heavy atom. The van der Waals surface area contributed by atoms with E-state index in [4.69, 9.17) is 33.2 Å². The average Bonchev–Trinajstić information content (AvgIpc) is 2.64. The smallest absolute Gasteiger partial charge is 0.458 e. The molecular formula is C16H26O10. The van der Waals surface area contributed by atoms with E-state index in [9.17, 15) is 14.4 Å². The van der Waals surface area contributed by atoms with Gasteiger partial charge in [-0.1, -0.05) is 6.58 Å². The van der Waals surface area contributed by atoms with E-state index in [1.807, 2.05) is 0 Å².